The molecule has 0 aliphatic carbocycles. The fourth-order valence-corrected chi connectivity index (χ4v) is 4.92. The van der Waals surface area contributed by atoms with Gasteiger partial charge in [-0.2, -0.15) is 10.2 Å². The van der Waals surface area contributed by atoms with Crippen LogP contribution in [0.4, 0.5) is 23.3 Å². The Kier molecular flexibility index (Phi) is 13.3. The molecule has 0 atom stereocenters. The van der Waals surface area contributed by atoms with Gasteiger partial charge in [0.1, 0.15) is 13.5 Å². The van der Waals surface area contributed by atoms with E-state index in [0.29, 0.717) is 42.4 Å². The molecule has 244 valence electrons. The van der Waals surface area contributed by atoms with Crippen LogP contribution in [0.15, 0.2) is 49.3 Å². The fourth-order valence-electron chi connectivity index (χ4n) is 3.41. The molecule has 0 radical (unpaired) electrons. The third-order valence-corrected chi connectivity index (χ3v) is 9.34. The van der Waals surface area contributed by atoms with Crippen molar-refractivity contribution in [2.24, 2.45) is 0 Å². The smallest absolute Gasteiger partial charge is 0.356 e. The van der Waals surface area contributed by atoms with E-state index >= 15 is 0 Å². The highest BCUT2D eigenvalue weighted by Crippen LogP contribution is 2.14. The predicted octanol–water partition coefficient (Wildman–Crippen LogP) is 4.65. The van der Waals surface area contributed by atoms with Crippen LogP contribution in [-0.4, -0.2) is 85.0 Å². The van der Waals surface area contributed by atoms with Crippen LogP contribution in [0.3, 0.4) is 0 Å². The molecule has 4 heterocycles. The molecule has 0 aromatic carbocycles. The Bertz CT molecular complexity index is 1490. The van der Waals surface area contributed by atoms with Crippen LogP contribution in [-0.2, 0) is 29.5 Å². The summed E-state index contributed by atoms with van der Waals surface area (Å²) in [5.41, 5.74) is 0.392. The number of nitrogens with one attached hydrogen (secondary N) is 2. The summed E-state index contributed by atoms with van der Waals surface area (Å²) >= 11 is 0. The molecule has 0 amide bonds. The number of carboxylic acid groups (broad SMARTS) is 1. The van der Waals surface area contributed by atoms with Crippen molar-refractivity contribution in [3.05, 3.63) is 60.7 Å². The van der Waals surface area contributed by atoms with Crippen LogP contribution in [0.2, 0.25) is 51.4 Å². The number of hydrogen-bond acceptors (Lipinski definition) is 12. The lowest BCUT2D eigenvalue weighted by Crippen LogP contribution is -2.22. The Hall–Kier alpha value is -4.04. The second-order valence-corrected chi connectivity index (χ2v) is 23.8. The van der Waals surface area contributed by atoms with E-state index in [0.717, 1.165) is 25.3 Å². The van der Waals surface area contributed by atoms with Crippen molar-refractivity contribution in [2.75, 3.05) is 23.8 Å². The van der Waals surface area contributed by atoms with Gasteiger partial charge in [0.25, 0.3) is 0 Å². The molecular formula is C28H44N10O5Si2. The van der Waals surface area contributed by atoms with Crippen LogP contribution in [0.25, 0.3) is 0 Å². The van der Waals surface area contributed by atoms with E-state index < -0.39 is 22.1 Å². The van der Waals surface area contributed by atoms with Crippen molar-refractivity contribution < 1.29 is 24.5 Å². The summed E-state index contributed by atoms with van der Waals surface area (Å²) < 4.78 is 14.7. The first-order valence-corrected chi connectivity index (χ1v) is 21.9. The van der Waals surface area contributed by atoms with E-state index in [-0.39, 0.29) is 12.3 Å². The van der Waals surface area contributed by atoms with Gasteiger partial charge in [0.2, 0.25) is 0 Å². The minimum Gasteiger partial charge on any atom is -0.476 e. The third kappa shape index (κ3) is 14.1. The lowest BCUT2D eigenvalue weighted by atomic mass is 10.4. The van der Waals surface area contributed by atoms with Gasteiger partial charge >= 0.3 is 5.97 Å². The zero-order chi connectivity index (χ0) is 32.9. The second-order valence-electron chi connectivity index (χ2n) is 12.6. The quantitative estimate of drug-likeness (QED) is 0.0965. The van der Waals surface area contributed by atoms with Crippen LogP contribution in [0.1, 0.15) is 16.2 Å². The Morgan fingerprint density at radius 1 is 0.756 bits per heavy atom. The van der Waals surface area contributed by atoms with Crippen LogP contribution >= 0.6 is 0 Å². The number of hydrogen-bond donors (Lipinski definition) is 4. The van der Waals surface area contributed by atoms with Crippen molar-refractivity contribution in [2.45, 2.75) is 71.4 Å². The van der Waals surface area contributed by atoms with Crippen LogP contribution in [0.5, 0.6) is 0 Å². The molecule has 0 fully saturated rings. The van der Waals surface area contributed by atoms with E-state index in [4.69, 9.17) is 19.7 Å². The number of aromatic nitrogens is 8. The van der Waals surface area contributed by atoms with Gasteiger partial charge in [0.15, 0.2) is 29.0 Å². The molecule has 15 nitrogen and oxygen atoms in total. The van der Waals surface area contributed by atoms with Crippen molar-refractivity contribution in [3.8, 4) is 0 Å². The lowest BCUT2D eigenvalue weighted by molar-refractivity contribution is 0.0690. The molecule has 0 aliphatic heterocycles. The van der Waals surface area contributed by atoms with Gasteiger partial charge in [0, 0.05) is 53.9 Å². The maximum atomic E-state index is 10.9. The van der Waals surface area contributed by atoms with Gasteiger partial charge in [-0.3, -0.25) is 9.97 Å². The lowest BCUT2D eigenvalue weighted by Gasteiger charge is -2.15. The maximum absolute atomic E-state index is 10.9. The van der Waals surface area contributed by atoms with E-state index in [9.17, 15) is 4.79 Å². The Labute approximate surface area is 265 Å². The summed E-state index contributed by atoms with van der Waals surface area (Å²) in [7, 11) is -2.14. The maximum Gasteiger partial charge on any atom is 0.356 e. The SMILES string of the molecule is C[Si](C)(C)CCOCn1ccc(Nc2cncc(C(=O)O)n2)n1.C[Si](C)(C)CCOCn1ccc(Nc2cncc(CO)n2)n1. The molecule has 0 aliphatic rings. The van der Waals surface area contributed by atoms with E-state index in [1.54, 1.807) is 27.8 Å². The molecule has 0 bridgehead atoms. The molecule has 4 N–H and O–H groups in total. The topological polar surface area (TPSA) is 187 Å². The Morgan fingerprint density at radius 2 is 1.24 bits per heavy atom. The number of carboxylic acids is 1. The summed E-state index contributed by atoms with van der Waals surface area (Å²) in [6.07, 6.45) is 9.37. The summed E-state index contributed by atoms with van der Waals surface area (Å²) in [6, 6.07) is 5.85. The highest BCUT2D eigenvalue weighted by Gasteiger charge is 2.13. The van der Waals surface area contributed by atoms with Gasteiger partial charge < -0.3 is 30.3 Å². The van der Waals surface area contributed by atoms with Gasteiger partial charge in [-0.15, -0.1) is 0 Å². The van der Waals surface area contributed by atoms with Crippen LogP contribution in [0, 0.1) is 0 Å². The largest absolute Gasteiger partial charge is 0.476 e. The number of nitrogens with zero attached hydrogens (tertiary/aromatic N) is 8. The second kappa shape index (κ2) is 16.9. The number of aliphatic hydroxyl groups is 1. The van der Waals surface area contributed by atoms with E-state index in [1.165, 1.54) is 18.6 Å². The number of carbonyl (C=O) groups is 1. The summed E-state index contributed by atoms with van der Waals surface area (Å²) in [5, 5.41) is 32.6. The average Bonchev–Trinajstić information content (AvgIpc) is 3.62. The minimum atomic E-state index is -1.12. The summed E-state index contributed by atoms with van der Waals surface area (Å²) in [4.78, 5) is 26.8. The zero-order valence-corrected chi connectivity index (χ0v) is 28.8. The molecule has 0 saturated carbocycles. The summed E-state index contributed by atoms with van der Waals surface area (Å²) in [5.74, 6) is 0.975. The van der Waals surface area contributed by atoms with Crippen LogP contribution < -0.4 is 10.6 Å². The van der Waals surface area contributed by atoms with Gasteiger partial charge in [-0.1, -0.05) is 39.3 Å². The third-order valence-electron chi connectivity index (χ3n) is 5.93. The molecule has 0 saturated heterocycles. The molecule has 0 spiro atoms. The zero-order valence-electron chi connectivity index (χ0n) is 26.8. The summed E-state index contributed by atoms with van der Waals surface area (Å²) in [6.45, 7) is 16.1. The van der Waals surface area contributed by atoms with Crippen molar-refractivity contribution >= 4 is 45.4 Å². The first kappa shape index (κ1) is 35.4. The Balaban J connectivity index is 0.000000246. The van der Waals surface area contributed by atoms with E-state index in [1.807, 2.05) is 12.3 Å². The molecule has 45 heavy (non-hydrogen) atoms. The molecule has 0 unspecified atom stereocenters. The normalized spacial score (nSPS) is 11.5. The standard InChI is InChI=1S/C14H21N5O3Si.C14H23N5O2Si/c1-23(2,3)7-6-22-10-19-5-4-12(18-19)17-13-9-15-8-11(16-13)14(20)21;1-22(2,3)7-6-21-11-19-5-4-13(18-19)17-14-9-15-8-12(10-20)16-14/h4-5,8-9H,6-7,10H2,1-3H3,(H,20,21)(H,16,17,18);4-5,8-9,20H,6-7,10-11H2,1-3H3,(H,16,17,18). The number of aliphatic hydroxyl groups excluding tert-OH is 1. The fraction of sp³-hybridized carbons (Fsp3) is 0.464. The first-order chi connectivity index (χ1) is 21.3. The van der Waals surface area contributed by atoms with Crippen molar-refractivity contribution in [1.82, 2.24) is 39.5 Å². The molecular weight excluding hydrogens is 613 g/mol. The van der Waals surface area contributed by atoms with Crippen molar-refractivity contribution in [1.29, 1.82) is 0 Å². The minimum absolute atomic E-state index is 0.121. The van der Waals surface area contributed by atoms with Crippen molar-refractivity contribution in [3.63, 3.8) is 0 Å². The molecule has 4 aromatic heterocycles. The van der Waals surface area contributed by atoms with Gasteiger partial charge in [-0.25, -0.2) is 24.1 Å². The highest BCUT2D eigenvalue weighted by atomic mass is 28.3. The Morgan fingerprint density at radius 3 is 1.71 bits per heavy atom. The highest BCUT2D eigenvalue weighted by molar-refractivity contribution is 6.76. The number of rotatable bonds is 16. The molecule has 17 heteroatoms. The van der Waals surface area contributed by atoms with E-state index in [2.05, 4.69) is 80.0 Å². The number of anilines is 4. The number of ether oxygens (including phenoxy) is 2. The monoisotopic (exact) mass is 656 g/mol. The number of aromatic carboxylic acids is 1. The molecule has 4 aromatic rings. The van der Waals surface area contributed by atoms with Gasteiger partial charge in [-0.05, 0) is 12.1 Å². The molecule has 4 rings (SSSR count). The first-order valence-electron chi connectivity index (χ1n) is 14.5. The average molecular weight is 657 g/mol. The predicted molar refractivity (Wildman–Crippen MR) is 176 cm³/mol. The van der Waals surface area contributed by atoms with Gasteiger partial charge in [0.05, 0.1) is 37.1 Å².